The van der Waals surface area contributed by atoms with Gasteiger partial charge in [-0.25, -0.2) is 9.67 Å². The van der Waals surface area contributed by atoms with Crippen molar-refractivity contribution in [2.75, 3.05) is 10.6 Å². The number of anilines is 2. The average Bonchev–Trinajstić information content (AvgIpc) is 2.87. The molecule has 0 bridgehead atoms. The maximum atomic E-state index is 11.9. The Bertz CT molecular complexity index is 638. The van der Waals surface area contributed by atoms with E-state index < -0.39 is 5.92 Å². The van der Waals surface area contributed by atoms with Crippen LogP contribution in [0.15, 0.2) is 30.7 Å². The number of hydrogen-bond acceptors (Lipinski definition) is 5. The van der Waals surface area contributed by atoms with Gasteiger partial charge >= 0.3 is 0 Å². The normalized spacial score (nSPS) is 17.2. The molecule has 20 heavy (non-hydrogen) atoms. The lowest BCUT2D eigenvalue weighted by molar-refractivity contribution is -0.126. The minimum atomic E-state index is -0.465. The van der Waals surface area contributed by atoms with Gasteiger partial charge in [0, 0.05) is 12.6 Å². The molecule has 0 spiro atoms. The topological polar surface area (TPSA) is 102 Å². The SMILES string of the molecule is O=C(CC1Cn2ncnc2NC1=O)Nc1ccccn1. The van der Waals surface area contributed by atoms with Gasteiger partial charge < -0.3 is 5.32 Å². The number of hydrogen-bond donors (Lipinski definition) is 2. The molecule has 2 N–H and O–H groups in total. The average molecular weight is 272 g/mol. The molecule has 0 fully saturated rings. The first kappa shape index (κ1) is 12.3. The fraction of sp³-hybridized carbons (Fsp3) is 0.250. The minimum Gasteiger partial charge on any atom is -0.311 e. The fourth-order valence-electron chi connectivity index (χ4n) is 2.01. The molecule has 0 aromatic carbocycles. The summed E-state index contributed by atoms with van der Waals surface area (Å²) in [7, 11) is 0. The summed E-state index contributed by atoms with van der Waals surface area (Å²) in [6.45, 7) is 0.344. The van der Waals surface area contributed by atoms with E-state index in [-0.39, 0.29) is 18.2 Å². The Morgan fingerprint density at radius 3 is 3.15 bits per heavy atom. The van der Waals surface area contributed by atoms with Crippen molar-refractivity contribution in [1.29, 1.82) is 0 Å². The number of pyridine rings is 1. The van der Waals surface area contributed by atoms with Crippen LogP contribution >= 0.6 is 0 Å². The molecule has 1 unspecified atom stereocenters. The van der Waals surface area contributed by atoms with Crippen LogP contribution in [0.5, 0.6) is 0 Å². The number of amides is 2. The molecule has 1 aliphatic heterocycles. The second-order valence-electron chi connectivity index (χ2n) is 4.42. The molecule has 3 rings (SSSR count). The van der Waals surface area contributed by atoms with E-state index in [2.05, 4.69) is 25.7 Å². The van der Waals surface area contributed by atoms with Crippen LogP contribution in [0.3, 0.4) is 0 Å². The third kappa shape index (κ3) is 2.48. The number of aromatic nitrogens is 4. The smallest absolute Gasteiger partial charge is 0.232 e. The highest BCUT2D eigenvalue weighted by Gasteiger charge is 2.29. The van der Waals surface area contributed by atoms with Gasteiger partial charge in [-0.3, -0.25) is 14.9 Å². The maximum absolute atomic E-state index is 11.9. The first-order valence-electron chi connectivity index (χ1n) is 6.12. The lowest BCUT2D eigenvalue weighted by Crippen LogP contribution is -2.36. The van der Waals surface area contributed by atoms with E-state index in [1.807, 2.05) is 0 Å². The molecule has 0 aliphatic carbocycles. The van der Waals surface area contributed by atoms with Crippen molar-refractivity contribution in [2.45, 2.75) is 13.0 Å². The predicted molar refractivity (Wildman–Crippen MR) is 69.6 cm³/mol. The highest BCUT2D eigenvalue weighted by atomic mass is 16.2. The van der Waals surface area contributed by atoms with Crippen LogP contribution in [-0.4, -0.2) is 31.6 Å². The van der Waals surface area contributed by atoms with Gasteiger partial charge in [-0.15, -0.1) is 0 Å². The standard InChI is InChI=1S/C12H12N6O2/c19-10(16-9-3-1-2-4-13-9)5-8-6-18-12(14-7-15-18)17-11(8)20/h1-4,7-8H,5-6H2,(H,13,16,19)(H,14,15,17,20). The van der Waals surface area contributed by atoms with Gasteiger partial charge in [0.1, 0.15) is 12.1 Å². The van der Waals surface area contributed by atoms with E-state index in [1.165, 1.54) is 6.33 Å². The van der Waals surface area contributed by atoms with Crippen molar-refractivity contribution >= 4 is 23.6 Å². The second kappa shape index (κ2) is 5.08. The number of fused-ring (bicyclic) bond motifs is 1. The Balaban J connectivity index is 1.63. The summed E-state index contributed by atoms with van der Waals surface area (Å²) in [5.41, 5.74) is 0. The quantitative estimate of drug-likeness (QED) is 0.835. The van der Waals surface area contributed by atoms with Crippen molar-refractivity contribution in [3.63, 3.8) is 0 Å². The van der Waals surface area contributed by atoms with Crippen LogP contribution in [0.4, 0.5) is 11.8 Å². The molecule has 8 nitrogen and oxygen atoms in total. The van der Waals surface area contributed by atoms with Crippen LogP contribution in [0.1, 0.15) is 6.42 Å². The van der Waals surface area contributed by atoms with Crippen LogP contribution in [0.25, 0.3) is 0 Å². The molecular formula is C12H12N6O2. The highest BCUT2D eigenvalue weighted by molar-refractivity contribution is 5.97. The van der Waals surface area contributed by atoms with E-state index in [1.54, 1.807) is 29.1 Å². The summed E-state index contributed by atoms with van der Waals surface area (Å²) in [5.74, 6) is -0.0615. The molecule has 102 valence electrons. The maximum Gasteiger partial charge on any atom is 0.232 e. The molecule has 8 heteroatoms. The zero-order valence-corrected chi connectivity index (χ0v) is 10.5. The fourth-order valence-corrected chi connectivity index (χ4v) is 2.01. The van der Waals surface area contributed by atoms with E-state index in [4.69, 9.17) is 0 Å². The van der Waals surface area contributed by atoms with Crippen LogP contribution in [0, 0.1) is 5.92 Å². The van der Waals surface area contributed by atoms with Gasteiger partial charge in [0.2, 0.25) is 17.8 Å². The lowest BCUT2D eigenvalue weighted by Gasteiger charge is -2.21. The van der Waals surface area contributed by atoms with Gasteiger partial charge in [-0.1, -0.05) is 6.07 Å². The molecule has 2 aromatic heterocycles. The molecule has 1 atom stereocenters. The van der Waals surface area contributed by atoms with Crippen molar-refractivity contribution in [3.8, 4) is 0 Å². The van der Waals surface area contributed by atoms with E-state index in [9.17, 15) is 9.59 Å². The first-order chi connectivity index (χ1) is 9.72. The Morgan fingerprint density at radius 2 is 2.35 bits per heavy atom. The molecule has 0 radical (unpaired) electrons. The van der Waals surface area contributed by atoms with E-state index in [0.717, 1.165) is 0 Å². The molecule has 0 saturated carbocycles. The van der Waals surface area contributed by atoms with Crippen molar-refractivity contribution in [1.82, 2.24) is 19.7 Å². The summed E-state index contributed by atoms with van der Waals surface area (Å²) in [4.78, 5) is 31.7. The summed E-state index contributed by atoms with van der Waals surface area (Å²) in [6.07, 6.45) is 3.03. The molecule has 2 amide bonds. The Labute approximate surface area is 114 Å². The second-order valence-corrected chi connectivity index (χ2v) is 4.42. The Kier molecular flexibility index (Phi) is 3.12. The zero-order chi connectivity index (χ0) is 13.9. The third-order valence-corrected chi connectivity index (χ3v) is 2.98. The summed E-state index contributed by atoms with van der Waals surface area (Å²) >= 11 is 0. The molecule has 1 aliphatic rings. The van der Waals surface area contributed by atoms with Gasteiger partial charge in [0.15, 0.2) is 0 Å². The lowest BCUT2D eigenvalue weighted by atomic mass is 10.0. The van der Waals surface area contributed by atoms with E-state index >= 15 is 0 Å². The predicted octanol–water partition coefficient (Wildman–Crippen LogP) is 0.270. The van der Waals surface area contributed by atoms with Crippen LogP contribution < -0.4 is 10.6 Å². The Hall–Kier alpha value is -2.77. The minimum absolute atomic E-state index is 0.0711. The van der Waals surface area contributed by atoms with Crippen molar-refractivity contribution in [3.05, 3.63) is 30.7 Å². The molecular weight excluding hydrogens is 260 g/mol. The number of carbonyl (C=O) groups is 2. The van der Waals surface area contributed by atoms with Gasteiger partial charge in [-0.2, -0.15) is 10.1 Å². The largest absolute Gasteiger partial charge is 0.311 e. The van der Waals surface area contributed by atoms with Gasteiger partial charge in [0.05, 0.1) is 12.5 Å². The first-order valence-corrected chi connectivity index (χ1v) is 6.12. The summed E-state index contributed by atoms with van der Waals surface area (Å²) < 4.78 is 1.57. The zero-order valence-electron chi connectivity index (χ0n) is 10.5. The highest BCUT2D eigenvalue weighted by Crippen LogP contribution is 2.18. The van der Waals surface area contributed by atoms with E-state index in [0.29, 0.717) is 18.3 Å². The van der Waals surface area contributed by atoms with Crippen LogP contribution in [-0.2, 0) is 16.1 Å². The third-order valence-electron chi connectivity index (χ3n) is 2.98. The van der Waals surface area contributed by atoms with Gasteiger partial charge in [0.25, 0.3) is 0 Å². The van der Waals surface area contributed by atoms with Crippen molar-refractivity contribution in [2.24, 2.45) is 5.92 Å². The molecule has 2 aromatic rings. The number of rotatable bonds is 3. The summed E-state index contributed by atoms with van der Waals surface area (Å²) in [5, 5.41) is 9.25. The molecule has 0 saturated heterocycles. The number of nitrogens with zero attached hydrogens (tertiary/aromatic N) is 4. The Morgan fingerprint density at radius 1 is 1.45 bits per heavy atom. The monoisotopic (exact) mass is 272 g/mol. The van der Waals surface area contributed by atoms with Crippen LogP contribution in [0.2, 0.25) is 0 Å². The van der Waals surface area contributed by atoms with Gasteiger partial charge in [-0.05, 0) is 12.1 Å². The number of nitrogens with one attached hydrogen (secondary N) is 2. The number of carbonyl (C=O) groups excluding carboxylic acids is 2. The van der Waals surface area contributed by atoms with Crippen molar-refractivity contribution < 1.29 is 9.59 Å². The molecule has 3 heterocycles. The summed E-state index contributed by atoms with van der Waals surface area (Å²) in [6, 6.07) is 5.22.